The summed E-state index contributed by atoms with van der Waals surface area (Å²) in [5, 5.41) is 8.37. The first-order chi connectivity index (χ1) is 13.2. The van der Waals surface area contributed by atoms with Crippen LogP contribution in [0.2, 0.25) is 0 Å². The van der Waals surface area contributed by atoms with E-state index in [9.17, 15) is 4.79 Å². The molecule has 1 amide bonds. The van der Waals surface area contributed by atoms with Gasteiger partial charge in [-0.15, -0.1) is 5.10 Å². The highest BCUT2D eigenvalue weighted by molar-refractivity contribution is 5.93. The zero-order valence-corrected chi connectivity index (χ0v) is 15.5. The maximum Gasteiger partial charge on any atom is 0.276 e. The topological polar surface area (TPSA) is 54.3 Å². The second-order valence-corrected chi connectivity index (χ2v) is 6.78. The van der Waals surface area contributed by atoms with Crippen LogP contribution in [0.5, 0.6) is 0 Å². The van der Waals surface area contributed by atoms with Crippen molar-refractivity contribution in [1.82, 2.24) is 19.9 Å². The fourth-order valence-electron chi connectivity index (χ4n) is 3.42. The van der Waals surface area contributed by atoms with Crippen molar-refractivity contribution in [2.24, 2.45) is 0 Å². The maximum absolute atomic E-state index is 12.9. The predicted molar refractivity (Wildman–Crippen MR) is 105 cm³/mol. The number of nitrogens with zero attached hydrogens (tertiary/aromatic N) is 5. The van der Waals surface area contributed by atoms with E-state index in [-0.39, 0.29) is 5.91 Å². The van der Waals surface area contributed by atoms with Gasteiger partial charge in [-0.2, -0.15) is 0 Å². The molecular weight excluding hydrogens is 338 g/mol. The first kappa shape index (κ1) is 17.3. The molecule has 0 unspecified atom stereocenters. The van der Waals surface area contributed by atoms with Gasteiger partial charge in [0, 0.05) is 31.9 Å². The smallest absolute Gasteiger partial charge is 0.276 e. The SMILES string of the molecule is Cc1c(C(=O)N2CCN(c3ccccc3)CC2)nnn1Cc1ccccc1. The summed E-state index contributed by atoms with van der Waals surface area (Å²) in [7, 11) is 0. The number of aromatic nitrogens is 3. The summed E-state index contributed by atoms with van der Waals surface area (Å²) in [6.45, 7) is 5.57. The molecule has 0 N–H and O–H groups in total. The Morgan fingerprint density at radius 3 is 2.22 bits per heavy atom. The fourth-order valence-corrected chi connectivity index (χ4v) is 3.42. The number of benzene rings is 2. The number of hydrogen-bond donors (Lipinski definition) is 0. The minimum atomic E-state index is -0.0282. The first-order valence-electron chi connectivity index (χ1n) is 9.25. The van der Waals surface area contributed by atoms with Crippen LogP contribution in [0.3, 0.4) is 0 Å². The van der Waals surface area contributed by atoms with Crippen LogP contribution in [-0.4, -0.2) is 52.0 Å². The molecule has 0 radical (unpaired) electrons. The maximum atomic E-state index is 12.9. The molecule has 2 aromatic carbocycles. The van der Waals surface area contributed by atoms with Crippen LogP contribution in [-0.2, 0) is 6.54 Å². The molecule has 2 heterocycles. The number of rotatable bonds is 4. The summed E-state index contributed by atoms with van der Waals surface area (Å²) in [5.74, 6) is -0.0282. The molecule has 1 fully saturated rings. The van der Waals surface area contributed by atoms with Gasteiger partial charge in [-0.25, -0.2) is 4.68 Å². The number of carbonyl (C=O) groups excluding carboxylic acids is 1. The molecule has 0 atom stereocenters. The van der Waals surface area contributed by atoms with Crippen LogP contribution >= 0.6 is 0 Å². The molecule has 0 aliphatic carbocycles. The van der Waals surface area contributed by atoms with E-state index in [1.165, 1.54) is 5.69 Å². The van der Waals surface area contributed by atoms with Crippen molar-refractivity contribution in [2.45, 2.75) is 13.5 Å². The Morgan fingerprint density at radius 2 is 1.56 bits per heavy atom. The lowest BCUT2D eigenvalue weighted by Gasteiger charge is -2.35. The standard InChI is InChI=1S/C21H23N5O/c1-17-20(22-23-26(17)16-18-8-4-2-5-9-18)21(27)25-14-12-24(13-15-25)19-10-6-3-7-11-19/h2-11H,12-16H2,1H3. The number of anilines is 1. The van der Waals surface area contributed by atoms with Crippen LogP contribution in [0.1, 0.15) is 21.7 Å². The summed E-state index contributed by atoms with van der Waals surface area (Å²) in [5.41, 5.74) is 3.61. The van der Waals surface area contributed by atoms with Gasteiger partial charge in [0.15, 0.2) is 5.69 Å². The lowest BCUT2D eigenvalue weighted by atomic mass is 10.2. The van der Waals surface area contributed by atoms with Crippen molar-refractivity contribution in [1.29, 1.82) is 0 Å². The molecule has 0 bridgehead atoms. The fraction of sp³-hybridized carbons (Fsp3) is 0.286. The van der Waals surface area contributed by atoms with Gasteiger partial charge in [0.1, 0.15) is 0 Å². The molecule has 1 aromatic heterocycles. The average molecular weight is 361 g/mol. The van der Waals surface area contributed by atoms with Crippen LogP contribution in [0.4, 0.5) is 5.69 Å². The Morgan fingerprint density at radius 1 is 0.926 bits per heavy atom. The highest BCUT2D eigenvalue weighted by Gasteiger charge is 2.26. The molecular formula is C21H23N5O. The number of amides is 1. The van der Waals surface area contributed by atoms with E-state index in [1.54, 1.807) is 4.68 Å². The van der Waals surface area contributed by atoms with Crippen LogP contribution in [0.25, 0.3) is 0 Å². The summed E-state index contributed by atoms with van der Waals surface area (Å²) in [4.78, 5) is 17.1. The third-order valence-electron chi connectivity index (χ3n) is 5.05. The van der Waals surface area contributed by atoms with E-state index in [1.807, 2.05) is 60.4 Å². The molecule has 6 heteroatoms. The molecule has 27 heavy (non-hydrogen) atoms. The van der Waals surface area contributed by atoms with Crippen molar-refractivity contribution in [3.63, 3.8) is 0 Å². The minimum Gasteiger partial charge on any atom is -0.368 e. The number of piperazine rings is 1. The Labute approximate surface area is 159 Å². The van der Waals surface area contributed by atoms with Crippen molar-refractivity contribution >= 4 is 11.6 Å². The molecule has 0 spiro atoms. The monoisotopic (exact) mass is 361 g/mol. The third kappa shape index (κ3) is 3.69. The summed E-state index contributed by atoms with van der Waals surface area (Å²) in [6.07, 6.45) is 0. The van der Waals surface area contributed by atoms with Gasteiger partial charge in [-0.1, -0.05) is 53.7 Å². The molecule has 1 saturated heterocycles. The Balaban J connectivity index is 1.42. The van der Waals surface area contributed by atoms with E-state index in [0.29, 0.717) is 25.3 Å². The van der Waals surface area contributed by atoms with E-state index >= 15 is 0 Å². The van der Waals surface area contributed by atoms with Gasteiger partial charge in [0.2, 0.25) is 0 Å². The number of para-hydroxylation sites is 1. The van der Waals surface area contributed by atoms with Crippen molar-refractivity contribution in [3.05, 3.63) is 77.6 Å². The first-order valence-corrected chi connectivity index (χ1v) is 9.25. The highest BCUT2D eigenvalue weighted by Crippen LogP contribution is 2.17. The zero-order chi connectivity index (χ0) is 18.6. The predicted octanol–water partition coefficient (Wildman–Crippen LogP) is 2.60. The van der Waals surface area contributed by atoms with Gasteiger partial charge < -0.3 is 9.80 Å². The van der Waals surface area contributed by atoms with E-state index in [2.05, 4.69) is 27.3 Å². The van der Waals surface area contributed by atoms with E-state index in [4.69, 9.17) is 0 Å². The number of hydrogen-bond acceptors (Lipinski definition) is 4. The van der Waals surface area contributed by atoms with Gasteiger partial charge in [0.25, 0.3) is 5.91 Å². The summed E-state index contributed by atoms with van der Waals surface area (Å²) < 4.78 is 1.79. The van der Waals surface area contributed by atoms with Crippen LogP contribution in [0, 0.1) is 6.92 Å². The molecule has 6 nitrogen and oxygen atoms in total. The molecule has 0 saturated carbocycles. The second kappa shape index (κ2) is 7.61. The quantitative estimate of drug-likeness (QED) is 0.717. The van der Waals surface area contributed by atoms with Crippen molar-refractivity contribution in [2.75, 3.05) is 31.1 Å². The Hall–Kier alpha value is -3.15. The van der Waals surface area contributed by atoms with Gasteiger partial charge in [-0.05, 0) is 24.6 Å². The Kier molecular flexibility index (Phi) is 4.87. The zero-order valence-electron chi connectivity index (χ0n) is 15.5. The van der Waals surface area contributed by atoms with Crippen molar-refractivity contribution in [3.8, 4) is 0 Å². The summed E-state index contributed by atoms with van der Waals surface area (Å²) in [6, 6.07) is 20.4. The number of carbonyl (C=O) groups is 1. The average Bonchev–Trinajstić information content (AvgIpc) is 3.09. The van der Waals surface area contributed by atoms with Crippen molar-refractivity contribution < 1.29 is 4.79 Å². The molecule has 3 aromatic rings. The van der Waals surface area contributed by atoms with Crippen LogP contribution in [0.15, 0.2) is 60.7 Å². The molecule has 1 aliphatic rings. The van der Waals surface area contributed by atoms with E-state index in [0.717, 1.165) is 24.3 Å². The van der Waals surface area contributed by atoms with E-state index < -0.39 is 0 Å². The molecule has 4 rings (SSSR count). The lowest BCUT2D eigenvalue weighted by molar-refractivity contribution is 0.0740. The van der Waals surface area contributed by atoms with Crippen LogP contribution < -0.4 is 4.90 Å². The molecule has 1 aliphatic heterocycles. The second-order valence-electron chi connectivity index (χ2n) is 6.78. The lowest BCUT2D eigenvalue weighted by Crippen LogP contribution is -2.49. The normalized spacial score (nSPS) is 14.4. The van der Waals surface area contributed by atoms with Gasteiger partial charge >= 0.3 is 0 Å². The summed E-state index contributed by atoms with van der Waals surface area (Å²) >= 11 is 0. The largest absolute Gasteiger partial charge is 0.368 e. The molecule has 138 valence electrons. The van der Waals surface area contributed by atoms with Gasteiger partial charge in [0.05, 0.1) is 12.2 Å². The minimum absolute atomic E-state index is 0.0282. The van der Waals surface area contributed by atoms with Gasteiger partial charge in [-0.3, -0.25) is 4.79 Å². The Bertz CT molecular complexity index is 899. The third-order valence-corrected chi connectivity index (χ3v) is 5.05. The highest BCUT2D eigenvalue weighted by atomic mass is 16.2.